The maximum Gasteiger partial charge on any atom is 0.270 e. The molecule has 3 rings (SSSR count). The minimum absolute atomic E-state index is 0.0536. The molecule has 0 bridgehead atoms. The summed E-state index contributed by atoms with van der Waals surface area (Å²) >= 11 is 5.86. The summed E-state index contributed by atoms with van der Waals surface area (Å²) in [6.45, 7) is 2.98. The van der Waals surface area contributed by atoms with Gasteiger partial charge in [-0.1, -0.05) is 23.7 Å². The molecule has 0 saturated heterocycles. The molecule has 0 unspecified atom stereocenters. The van der Waals surface area contributed by atoms with Crippen LogP contribution in [0.4, 0.5) is 0 Å². The van der Waals surface area contributed by atoms with E-state index in [9.17, 15) is 18.0 Å². The summed E-state index contributed by atoms with van der Waals surface area (Å²) < 4.78 is 38.2. The number of sulfone groups is 1. The van der Waals surface area contributed by atoms with Crippen LogP contribution in [0.2, 0.25) is 5.02 Å². The minimum atomic E-state index is -4.12. The topological polar surface area (TPSA) is 104 Å². The first-order chi connectivity index (χ1) is 16.1. The molecule has 0 spiro atoms. The molecule has 0 aliphatic rings. The number of pyridine rings is 1. The maximum atomic E-state index is 13.2. The molecule has 34 heavy (non-hydrogen) atoms. The number of rotatable bonds is 8. The highest BCUT2D eigenvalue weighted by Crippen LogP contribution is 2.30. The fourth-order valence-electron chi connectivity index (χ4n) is 3.65. The van der Waals surface area contributed by atoms with E-state index in [1.54, 1.807) is 38.1 Å². The number of nitrogens with one attached hydrogen (secondary N) is 1. The van der Waals surface area contributed by atoms with Gasteiger partial charge in [-0.25, -0.2) is 8.42 Å². The van der Waals surface area contributed by atoms with Gasteiger partial charge in [0.25, 0.3) is 5.56 Å². The van der Waals surface area contributed by atoms with E-state index < -0.39 is 21.3 Å². The molecule has 1 aromatic heterocycles. The van der Waals surface area contributed by atoms with Crippen molar-refractivity contribution in [3.05, 3.63) is 80.7 Å². The van der Waals surface area contributed by atoms with E-state index in [1.807, 2.05) is 0 Å². The molecular weight excluding hydrogens is 480 g/mol. The molecule has 180 valence electrons. The average molecular weight is 505 g/mol. The van der Waals surface area contributed by atoms with E-state index in [-0.39, 0.29) is 22.9 Å². The van der Waals surface area contributed by atoms with Crippen LogP contribution in [0.1, 0.15) is 16.8 Å². The van der Waals surface area contributed by atoms with E-state index >= 15 is 0 Å². The standard InChI is InChI=1S/C24H25ClN2O6S/c1-15-12-16(2)27(24(29)23(15)34(30,31)19-10-8-18(25)9-11-19)14-21(28)26-13-17-6-5-7-20(32-3)22(17)33-4/h5-12H,13-14H2,1-4H3,(H,26,28). The van der Waals surface area contributed by atoms with Crippen molar-refractivity contribution in [2.45, 2.75) is 36.7 Å². The zero-order chi connectivity index (χ0) is 25.0. The van der Waals surface area contributed by atoms with Crippen molar-refractivity contribution < 1.29 is 22.7 Å². The summed E-state index contributed by atoms with van der Waals surface area (Å²) in [5.74, 6) is 0.552. The fraction of sp³-hybridized carbons (Fsp3) is 0.250. The first-order valence-electron chi connectivity index (χ1n) is 10.3. The highest BCUT2D eigenvalue weighted by molar-refractivity contribution is 7.91. The summed E-state index contributed by atoms with van der Waals surface area (Å²) in [7, 11) is -1.10. The number of hydrogen-bond acceptors (Lipinski definition) is 6. The van der Waals surface area contributed by atoms with Gasteiger partial charge in [-0.2, -0.15) is 0 Å². The second-order valence-corrected chi connectivity index (χ2v) is 9.90. The maximum absolute atomic E-state index is 13.2. The monoisotopic (exact) mass is 504 g/mol. The van der Waals surface area contributed by atoms with Crippen molar-refractivity contribution in [3.63, 3.8) is 0 Å². The lowest BCUT2D eigenvalue weighted by molar-refractivity contribution is -0.121. The van der Waals surface area contributed by atoms with Gasteiger partial charge in [-0.3, -0.25) is 9.59 Å². The zero-order valence-electron chi connectivity index (χ0n) is 19.2. The SMILES string of the molecule is COc1cccc(CNC(=O)Cn2c(C)cc(C)c(S(=O)(=O)c3ccc(Cl)cc3)c2=O)c1OC. The highest BCUT2D eigenvalue weighted by atomic mass is 35.5. The first kappa shape index (κ1) is 25.3. The van der Waals surface area contributed by atoms with Crippen LogP contribution < -0.4 is 20.3 Å². The average Bonchev–Trinajstić information content (AvgIpc) is 2.79. The van der Waals surface area contributed by atoms with Gasteiger partial charge in [-0.15, -0.1) is 0 Å². The quantitative estimate of drug-likeness (QED) is 0.505. The third-order valence-electron chi connectivity index (χ3n) is 5.30. The molecule has 10 heteroatoms. The summed E-state index contributed by atoms with van der Waals surface area (Å²) in [5, 5.41) is 3.12. The molecule has 1 N–H and O–H groups in total. The van der Waals surface area contributed by atoms with Crippen LogP contribution in [-0.4, -0.2) is 33.1 Å². The Morgan fingerprint density at radius 2 is 1.74 bits per heavy atom. The van der Waals surface area contributed by atoms with Crippen LogP contribution >= 0.6 is 11.6 Å². The molecule has 2 aromatic carbocycles. The number of carbonyl (C=O) groups is 1. The van der Waals surface area contributed by atoms with Crippen LogP contribution in [0.5, 0.6) is 11.5 Å². The number of carbonyl (C=O) groups excluding carboxylic acids is 1. The van der Waals surface area contributed by atoms with E-state index in [0.29, 0.717) is 33.3 Å². The Bertz CT molecular complexity index is 1380. The molecule has 8 nitrogen and oxygen atoms in total. The summed E-state index contributed by atoms with van der Waals surface area (Å²) in [6.07, 6.45) is 0. The van der Waals surface area contributed by atoms with E-state index in [4.69, 9.17) is 21.1 Å². The second-order valence-electron chi connectivity index (χ2n) is 7.58. The van der Waals surface area contributed by atoms with Crippen molar-refractivity contribution in [1.29, 1.82) is 0 Å². The number of methoxy groups -OCH3 is 2. The van der Waals surface area contributed by atoms with Crippen molar-refractivity contribution in [1.82, 2.24) is 9.88 Å². The third-order valence-corrected chi connectivity index (χ3v) is 7.48. The van der Waals surface area contributed by atoms with Crippen molar-refractivity contribution in [3.8, 4) is 11.5 Å². The van der Waals surface area contributed by atoms with E-state index in [0.717, 1.165) is 4.57 Å². The molecule has 1 heterocycles. The van der Waals surface area contributed by atoms with Gasteiger partial charge in [0.15, 0.2) is 11.5 Å². The van der Waals surface area contributed by atoms with Gasteiger partial charge in [0, 0.05) is 22.8 Å². The Hall–Kier alpha value is -3.30. The molecule has 0 atom stereocenters. The van der Waals surface area contributed by atoms with Crippen LogP contribution in [0.15, 0.2) is 63.1 Å². The van der Waals surface area contributed by atoms with Gasteiger partial charge >= 0.3 is 0 Å². The second kappa shape index (κ2) is 10.3. The Labute approximate surface area is 203 Å². The number of para-hydroxylation sites is 1. The summed E-state index contributed by atoms with van der Waals surface area (Å²) in [6, 6.07) is 12.4. The Kier molecular flexibility index (Phi) is 7.68. The predicted octanol–water partition coefficient (Wildman–Crippen LogP) is 3.28. The van der Waals surface area contributed by atoms with Crippen molar-refractivity contribution >= 4 is 27.3 Å². The van der Waals surface area contributed by atoms with E-state index in [2.05, 4.69) is 5.32 Å². The van der Waals surface area contributed by atoms with Gasteiger partial charge in [0.05, 0.1) is 19.1 Å². The minimum Gasteiger partial charge on any atom is -0.493 e. The fourth-order valence-corrected chi connectivity index (χ4v) is 5.33. The number of halogens is 1. The smallest absolute Gasteiger partial charge is 0.270 e. The van der Waals surface area contributed by atoms with Crippen LogP contribution in [0.25, 0.3) is 0 Å². The number of aromatic nitrogens is 1. The highest BCUT2D eigenvalue weighted by Gasteiger charge is 2.26. The van der Waals surface area contributed by atoms with Crippen LogP contribution in [-0.2, 0) is 27.7 Å². The molecular formula is C24H25ClN2O6S. The van der Waals surface area contributed by atoms with Crippen molar-refractivity contribution in [2.75, 3.05) is 14.2 Å². The van der Waals surface area contributed by atoms with E-state index in [1.165, 1.54) is 38.5 Å². The molecule has 0 saturated carbocycles. The van der Waals surface area contributed by atoms with Crippen LogP contribution in [0, 0.1) is 13.8 Å². The Morgan fingerprint density at radius 3 is 2.35 bits per heavy atom. The lowest BCUT2D eigenvalue weighted by atomic mass is 10.2. The molecule has 0 fully saturated rings. The molecule has 3 aromatic rings. The van der Waals surface area contributed by atoms with Gasteiger partial charge < -0.3 is 19.4 Å². The zero-order valence-corrected chi connectivity index (χ0v) is 20.8. The summed E-state index contributed by atoms with van der Waals surface area (Å²) in [4.78, 5) is 25.5. The largest absolute Gasteiger partial charge is 0.493 e. The number of hydrogen-bond donors (Lipinski definition) is 1. The molecule has 0 aliphatic heterocycles. The number of benzene rings is 2. The summed E-state index contributed by atoms with van der Waals surface area (Å²) in [5.41, 5.74) is 0.692. The lowest BCUT2D eigenvalue weighted by Gasteiger charge is -2.16. The number of nitrogens with zero attached hydrogens (tertiary/aromatic N) is 1. The Morgan fingerprint density at radius 1 is 1.06 bits per heavy atom. The van der Waals surface area contributed by atoms with Gasteiger partial charge in [0.2, 0.25) is 15.7 Å². The molecule has 0 aliphatic carbocycles. The molecule has 1 amide bonds. The normalized spacial score (nSPS) is 11.2. The lowest BCUT2D eigenvalue weighted by Crippen LogP contribution is -2.35. The number of ether oxygens (including phenoxy) is 2. The van der Waals surface area contributed by atoms with Crippen LogP contribution in [0.3, 0.4) is 0 Å². The predicted molar refractivity (Wildman–Crippen MR) is 128 cm³/mol. The molecule has 0 radical (unpaired) electrons. The number of aryl methyl sites for hydroxylation is 2. The van der Waals surface area contributed by atoms with Crippen molar-refractivity contribution in [2.24, 2.45) is 0 Å². The Balaban J connectivity index is 1.89. The van der Waals surface area contributed by atoms with Gasteiger partial charge in [0.1, 0.15) is 11.4 Å². The number of amides is 1. The van der Waals surface area contributed by atoms with Gasteiger partial charge in [-0.05, 0) is 55.8 Å². The first-order valence-corrected chi connectivity index (χ1v) is 12.1. The third kappa shape index (κ3) is 5.10.